The van der Waals surface area contributed by atoms with Gasteiger partial charge >= 0.3 is 0 Å². The first kappa shape index (κ1) is 23.0. The van der Waals surface area contributed by atoms with Gasteiger partial charge in [-0.25, -0.2) is 4.98 Å². The Morgan fingerprint density at radius 2 is 1.79 bits per heavy atom. The van der Waals surface area contributed by atoms with E-state index in [1.807, 2.05) is 30.3 Å². The zero-order chi connectivity index (χ0) is 23.0. The molecule has 0 saturated carbocycles. The number of ether oxygens (including phenoxy) is 1. The Bertz CT molecular complexity index is 1010. The summed E-state index contributed by atoms with van der Waals surface area (Å²) < 4.78 is 10.7. The van der Waals surface area contributed by atoms with Gasteiger partial charge in [-0.3, -0.25) is 14.6 Å². The number of piperazine rings is 1. The first-order chi connectivity index (χ1) is 16.1. The number of methoxy groups -OCH3 is 1. The Morgan fingerprint density at radius 1 is 1.09 bits per heavy atom. The van der Waals surface area contributed by atoms with Gasteiger partial charge in [0.05, 0.1) is 19.8 Å². The van der Waals surface area contributed by atoms with Crippen LogP contribution >= 0.6 is 0 Å². The van der Waals surface area contributed by atoms with Gasteiger partial charge in [0.1, 0.15) is 12.0 Å². The van der Waals surface area contributed by atoms with Crippen LogP contribution in [0.4, 0.5) is 5.69 Å². The topological polar surface area (TPSA) is 91.1 Å². The Hall–Kier alpha value is -3.20. The molecule has 0 spiro atoms. The van der Waals surface area contributed by atoms with Crippen molar-refractivity contribution in [3.8, 4) is 5.75 Å². The van der Waals surface area contributed by atoms with Crippen LogP contribution < -0.4 is 10.1 Å². The van der Waals surface area contributed by atoms with Crippen LogP contribution in [0.2, 0.25) is 0 Å². The summed E-state index contributed by atoms with van der Waals surface area (Å²) >= 11 is 0. The normalized spacial score (nSPS) is 15.8. The average Bonchev–Trinajstić information content (AvgIpc) is 3.30. The van der Waals surface area contributed by atoms with E-state index in [1.165, 1.54) is 6.26 Å². The number of anilines is 1. The van der Waals surface area contributed by atoms with Crippen LogP contribution in [0.5, 0.6) is 5.75 Å². The molecule has 0 radical (unpaired) electrons. The third-order valence-corrected chi connectivity index (χ3v) is 5.74. The largest absolute Gasteiger partial charge is 0.497 e. The van der Waals surface area contributed by atoms with E-state index < -0.39 is 0 Å². The number of nitrogens with one attached hydrogen (secondary N) is 1. The van der Waals surface area contributed by atoms with Crippen molar-refractivity contribution < 1.29 is 19.1 Å². The van der Waals surface area contributed by atoms with E-state index in [1.54, 1.807) is 31.4 Å². The molecule has 1 aliphatic heterocycles. The molecule has 0 unspecified atom stereocenters. The van der Waals surface area contributed by atoms with Crippen molar-refractivity contribution in [1.29, 1.82) is 0 Å². The summed E-state index contributed by atoms with van der Waals surface area (Å²) in [4.78, 5) is 21.3. The first-order valence-electron chi connectivity index (χ1n) is 11.2. The number of amides is 1. The molecule has 1 fully saturated rings. The lowest BCUT2D eigenvalue weighted by Crippen LogP contribution is -2.48. The predicted molar refractivity (Wildman–Crippen MR) is 125 cm³/mol. The maximum absolute atomic E-state index is 12.4. The lowest BCUT2D eigenvalue weighted by Gasteiger charge is -2.35. The maximum Gasteiger partial charge on any atom is 0.277 e. The standard InChI is InChI=1S/C25H30N4O4/c1-32-22-9-7-20(8-10-22)26-25(31)23-18-33-24(27-23)17-29-13-11-28(12-14-29)16-21(30)15-19-5-3-2-4-6-19/h2-10,18,21,30H,11-17H2,1H3,(H,26,31)/t21-/m0/s1. The van der Waals surface area contributed by atoms with Crippen molar-refractivity contribution in [1.82, 2.24) is 14.8 Å². The summed E-state index contributed by atoms with van der Waals surface area (Å²) in [6.07, 6.45) is 1.68. The average molecular weight is 451 g/mol. The minimum absolute atomic E-state index is 0.253. The Kier molecular flexibility index (Phi) is 7.72. The molecule has 2 aromatic carbocycles. The number of carbonyl (C=O) groups excluding carboxylic acids is 1. The predicted octanol–water partition coefficient (Wildman–Crippen LogP) is 2.66. The Balaban J connectivity index is 1.21. The molecule has 0 bridgehead atoms. The summed E-state index contributed by atoms with van der Waals surface area (Å²) in [5, 5.41) is 13.2. The maximum atomic E-state index is 12.4. The quantitative estimate of drug-likeness (QED) is 0.518. The van der Waals surface area contributed by atoms with Crippen LogP contribution in [-0.2, 0) is 13.0 Å². The zero-order valence-corrected chi connectivity index (χ0v) is 18.8. The van der Waals surface area contributed by atoms with Crippen molar-refractivity contribution in [3.05, 3.63) is 78.0 Å². The number of rotatable bonds is 9. The molecule has 8 nitrogen and oxygen atoms in total. The molecule has 174 valence electrons. The zero-order valence-electron chi connectivity index (χ0n) is 18.8. The number of β-amino-alcohol motifs (C(OH)–C–C–N with tert-alkyl or cyclic N) is 1. The molecule has 0 aliphatic carbocycles. The summed E-state index contributed by atoms with van der Waals surface area (Å²) in [6.45, 7) is 4.67. The number of hydrogen-bond donors (Lipinski definition) is 2. The minimum Gasteiger partial charge on any atom is -0.497 e. The van der Waals surface area contributed by atoms with E-state index in [2.05, 4.69) is 20.1 Å². The molecule has 1 aromatic heterocycles. The molecule has 8 heteroatoms. The van der Waals surface area contributed by atoms with Gasteiger partial charge < -0.3 is 19.6 Å². The molecule has 2 heterocycles. The van der Waals surface area contributed by atoms with E-state index in [4.69, 9.17) is 9.15 Å². The number of hydrogen-bond acceptors (Lipinski definition) is 7. The number of aromatic nitrogens is 1. The molecule has 1 atom stereocenters. The lowest BCUT2D eigenvalue weighted by atomic mass is 10.1. The van der Waals surface area contributed by atoms with Crippen LogP contribution in [0.25, 0.3) is 0 Å². The van der Waals surface area contributed by atoms with E-state index in [-0.39, 0.29) is 17.7 Å². The van der Waals surface area contributed by atoms with Crippen LogP contribution in [0, 0.1) is 0 Å². The SMILES string of the molecule is COc1ccc(NC(=O)c2coc(CN3CCN(C[C@@H](O)Cc4ccccc4)CC3)n2)cc1. The van der Waals surface area contributed by atoms with E-state index in [0.29, 0.717) is 31.1 Å². The highest BCUT2D eigenvalue weighted by atomic mass is 16.5. The van der Waals surface area contributed by atoms with Crippen molar-refractivity contribution in [2.75, 3.05) is 45.2 Å². The van der Waals surface area contributed by atoms with Crippen LogP contribution in [-0.4, -0.2) is 71.7 Å². The molecule has 2 N–H and O–H groups in total. The first-order valence-corrected chi connectivity index (χ1v) is 11.2. The number of nitrogens with zero attached hydrogens (tertiary/aromatic N) is 3. The van der Waals surface area contributed by atoms with Gasteiger partial charge in [-0.2, -0.15) is 0 Å². The second-order valence-corrected chi connectivity index (χ2v) is 8.23. The molecular weight excluding hydrogens is 420 g/mol. The molecule has 1 saturated heterocycles. The summed E-state index contributed by atoms with van der Waals surface area (Å²) in [5.41, 5.74) is 2.07. The molecule has 3 aromatic rings. The molecular formula is C25H30N4O4. The highest BCUT2D eigenvalue weighted by Gasteiger charge is 2.21. The van der Waals surface area contributed by atoms with E-state index >= 15 is 0 Å². The summed E-state index contributed by atoms with van der Waals surface area (Å²) in [7, 11) is 1.60. The summed E-state index contributed by atoms with van der Waals surface area (Å²) in [6, 6.07) is 17.2. The second kappa shape index (κ2) is 11.1. The van der Waals surface area contributed by atoms with Crippen molar-refractivity contribution in [2.45, 2.75) is 19.1 Å². The van der Waals surface area contributed by atoms with Crippen molar-refractivity contribution in [2.24, 2.45) is 0 Å². The highest BCUT2D eigenvalue weighted by molar-refractivity contribution is 6.02. The molecule has 33 heavy (non-hydrogen) atoms. The fraction of sp³-hybridized carbons (Fsp3) is 0.360. The lowest BCUT2D eigenvalue weighted by molar-refractivity contribution is 0.0675. The number of aliphatic hydroxyl groups is 1. The number of carbonyl (C=O) groups is 1. The van der Waals surface area contributed by atoms with Crippen molar-refractivity contribution >= 4 is 11.6 Å². The third kappa shape index (κ3) is 6.64. The van der Waals surface area contributed by atoms with Gasteiger partial charge in [-0.1, -0.05) is 30.3 Å². The van der Waals surface area contributed by atoms with Crippen LogP contribution in [0.15, 0.2) is 65.3 Å². The smallest absolute Gasteiger partial charge is 0.277 e. The minimum atomic E-state index is -0.377. The van der Waals surface area contributed by atoms with E-state index in [0.717, 1.165) is 37.5 Å². The summed E-state index contributed by atoms with van der Waals surface area (Å²) in [5.74, 6) is 0.933. The van der Waals surface area contributed by atoms with Crippen LogP contribution in [0.1, 0.15) is 21.9 Å². The molecule has 1 amide bonds. The second-order valence-electron chi connectivity index (χ2n) is 8.23. The third-order valence-electron chi connectivity index (χ3n) is 5.74. The fourth-order valence-electron chi connectivity index (χ4n) is 3.93. The monoisotopic (exact) mass is 450 g/mol. The number of aliphatic hydroxyl groups excluding tert-OH is 1. The van der Waals surface area contributed by atoms with Gasteiger partial charge in [-0.05, 0) is 36.2 Å². The number of oxazole rings is 1. The van der Waals surface area contributed by atoms with Gasteiger partial charge in [0, 0.05) is 38.4 Å². The molecule has 4 rings (SSSR count). The van der Waals surface area contributed by atoms with Crippen LogP contribution in [0.3, 0.4) is 0 Å². The van der Waals surface area contributed by atoms with Gasteiger partial charge in [0.2, 0.25) is 5.89 Å². The van der Waals surface area contributed by atoms with Gasteiger partial charge in [0.15, 0.2) is 5.69 Å². The Morgan fingerprint density at radius 3 is 2.48 bits per heavy atom. The number of benzene rings is 2. The Labute approximate surface area is 193 Å². The molecule has 1 aliphatic rings. The van der Waals surface area contributed by atoms with Crippen molar-refractivity contribution in [3.63, 3.8) is 0 Å². The highest BCUT2D eigenvalue weighted by Crippen LogP contribution is 2.16. The van der Waals surface area contributed by atoms with E-state index in [9.17, 15) is 9.90 Å². The van der Waals surface area contributed by atoms with Gasteiger partial charge in [0.25, 0.3) is 5.91 Å². The van der Waals surface area contributed by atoms with Gasteiger partial charge in [-0.15, -0.1) is 0 Å². The fourth-order valence-corrected chi connectivity index (χ4v) is 3.93.